The quantitative estimate of drug-likeness (QED) is 0.320. The third-order valence-corrected chi connectivity index (χ3v) is 5.77. The number of ether oxygens (including phenoxy) is 2. The maximum absolute atomic E-state index is 13.2. The second-order valence-corrected chi connectivity index (χ2v) is 7.94. The van der Waals surface area contributed by atoms with E-state index in [1.54, 1.807) is 31.4 Å². The van der Waals surface area contributed by atoms with Gasteiger partial charge in [-0.05, 0) is 48.5 Å². The molecule has 0 bridgehead atoms. The van der Waals surface area contributed by atoms with Crippen molar-refractivity contribution in [2.75, 3.05) is 43.6 Å². The zero-order chi connectivity index (χ0) is 24.4. The fourth-order valence-corrected chi connectivity index (χ4v) is 3.96. The Balaban J connectivity index is 1.42. The van der Waals surface area contributed by atoms with E-state index in [9.17, 15) is 14.9 Å². The fourth-order valence-electron chi connectivity index (χ4n) is 3.96. The molecule has 1 aliphatic heterocycles. The maximum Gasteiger partial charge on any atom is 0.270 e. The number of fused-ring (bicyclic) bond motifs is 1. The fraction of sp³-hybridized carbons (Fsp3) is 0.200. The first kappa shape index (κ1) is 22.4. The second kappa shape index (κ2) is 9.43. The SMILES string of the molecule is COc1ccc(-c2nc3cc(NC(=O)c4cc([N+](=O)[O-])ccc4N4CCOCC4)ccc3o2)cc1. The topological polar surface area (TPSA) is 120 Å². The molecule has 10 heteroatoms. The summed E-state index contributed by atoms with van der Waals surface area (Å²) in [6.07, 6.45) is 0. The number of amides is 1. The Bertz CT molecular complexity index is 1390. The molecule has 0 atom stereocenters. The highest BCUT2D eigenvalue weighted by Crippen LogP contribution is 2.30. The highest BCUT2D eigenvalue weighted by Gasteiger charge is 2.22. The minimum Gasteiger partial charge on any atom is -0.497 e. The van der Waals surface area contributed by atoms with Gasteiger partial charge < -0.3 is 24.1 Å². The smallest absolute Gasteiger partial charge is 0.270 e. The number of non-ortho nitro benzene ring substituents is 1. The van der Waals surface area contributed by atoms with Gasteiger partial charge in [-0.2, -0.15) is 0 Å². The van der Waals surface area contributed by atoms with Gasteiger partial charge in [0.15, 0.2) is 5.58 Å². The van der Waals surface area contributed by atoms with Crippen LogP contribution in [-0.4, -0.2) is 49.2 Å². The van der Waals surface area contributed by atoms with Crippen molar-refractivity contribution in [1.82, 2.24) is 4.98 Å². The largest absolute Gasteiger partial charge is 0.497 e. The Morgan fingerprint density at radius 1 is 1.09 bits per heavy atom. The first-order chi connectivity index (χ1) is 17.0. The summed E-state index contributed by atoms with van der Waals surface area (Å²) in [5.74, 6) is 0.722. The first-order valence-electron chi connectivity index (χ1n) is 11.0. The summed E-state index contributed by atoms with van der Waals surface area (Å²) in [5.41, 5.74) is 3.12. The summed E-state index contributed by atoms with van der Waals surface area (Å²) in [4.78, 5) is 30.6. The summed E-state index contributed by atoms with van der Waals surface area (Å²) in [6, 6.07) is 16.8. The lowest BCUT2D eigenvalue weighted by Crippen LogP contribution is -2.37. The summed E-state index contributed by atoms with van der Waals surface area (Å²) < 4.78 is 16.4. The van der Waals surface area contributed by atoms with Crippen molar-refractivity contribution < 1.29 is 23.6 Å². The number of nitrogens with one attached hydrogen (secondary N) is 1. The predicted octanol–water partition coefficient (Wildman–Crippen LogP) is 4.50. The van der Waals surface area contributed by atoms with Crippen LogP contribution in [-0.2, 0) is 4.74 Å². The van der Waals surface area contributed by atoms with Crippen LogP contribution in [0.1, 0.15) is 10.4 Å². The Kier molecular flexibility index (Phi) is 6.02. The lowest BCUT2D eigenvalue weighted by molar-refractivity contribution is -0.384. The van der Waals surface area contributed by atoms with Gasteiger partial charge in [0.25, 0.3) is 11.6 Å². The van der Waals surface area contributed by atoms with Gasteiger partial charge in [0.05, 0.1) is 36.5 Å². The molecule has 0 saturated carbocycles. The lowest BCUT2D eigenvalue weighted by Gasteiger charge is -2.30. The molecule has 0 aliphatic carbocycles. The van der Waals surface area contributed by atoms with Crippen molar-refractivity contribution >= 4 is 34.1 Å². The van der Waals surface area contributed by atoms with Crippen molar-refractivity contribution in [3.63, 3.8) is 0 Å². The van der Waals surface area contributed by atoms with E-state index in [4.69, 9.17) is 13.9 Å². The monoisotopic (exact) mass is 474 g/mol. The average Bonchev–Trinajstić information content (AvgIpc) is 3.32. The molecule has 4 aromatic rings. The molecule has 0 radical (unpaired) electrons. The highest BCUT2D eigenvalue weighted by molar-refractivity contribution is 6.09. The Labute approximate surface area is 200 Å². The number of nitrogens with zero attached hydrogens (tertiary/aromatic N) is 3. The van der Waals surface area contributed by atoms with Crippen molar-refractivity contribution in [3.05, 3.63) is 76.3 Å². The van der Waals surface area contributed by atoms with Crippen LogP contribution in [0.5, 0.6) is 5.75 Å². The van der Waals surface area contributed by atoms with Gasteiger partial charge in [0.1, 0.15) is 11.3 Å². The number of carbonyl (C=O) groups is 1. The molecule has 1 N–H and O–H groups in total. The summed E-state index contributed by atoms with van der Waals surface area (Å²) in [6.45, 7) is 2.24. The molecule has 1 fully saturated rings. The molecule has 2 heterocycles. The van der Waals surface area contributed by atoms with Crippen molar-refractivity contribution in [2.24, 2.45) is 0 Å². The molecule has 178 valence electrons. The number of anilines is 2. The molecular weight excluding hydrogens is 452 g/mol. The molecule has 35 heavy (non-hydrogen) atoms. The number of nitro groups is 1. The molecule has 0 unspecified atom stereocenters. The molecule has 10 nitrogen and oxygen atoms in total. The highest BCUT2D eigenvalue weighted by atomic mass is 16.6. The standard InChI is InChI=1S/C25H22N4O6/c1-33-19-6-2-16(3-7-19)25-27-21-14-17(4-9-23(21)35-25)26-24(30)20-15-18(29(31)32)5-8-22(20)28-10-12-34-13-11-28/h2-9,14-15H,10-13H2,1H3,(H,26,30). The lowest BCUT2D eigenvalue weighted by atomic mass is 10.1. The molecule has 1 aliphatic rings. The van der Waals surface area contributed by atoms with Gasteiger partial charge in [-0.1, -0.05) is 0 Å². The van der Waals surface area contributed by atoms with Crippen LogP contribution in [0.3, 0.4) is 0 Å². The third-order valence-electron chi connectivity index (χ3n) is 5.77. The zero-order valence-corrected chi connectivity index (χ0v) is 18.9. The minimum absolute atomic E-state index is 0.150. The first-order valence-corrected chi connectivity index (χ1v) is 11.0. The third kappa shape index (κ3) is 4.64. The van der Waals surface area contributed by atoms with Crippen LogP contribution >= 0.6 is 0 Å². The number of oxazole rings is 1. The molecule has 3 aromatic carbocycles. The Morgan fingerprint density at radius 3 is 2.57 bits per heavy atom. The normalized spacial score (nSPS) is 13.6. The van der Waals surface area contributed by atoms with Crippen LogP contribution in [0.4, 0.5) is 17.1 Å². The van der Waals surface area contributed by atoms with Gasteiger partial charge in [-0.15, -0.1) is 0 Å². The Morgan fingerprint density at radius 2 is 1.86 bits per heavy atom. The predicted molar refractivity (Wildman–Crippen MR) is 130 cm³/mol. The van der Waals surface area contributed by atoms with Crippen LogP contribution < -0.4 is 15.0 Å². The van der Waals surface area contributed by atoms with Crippen molar-refractivity contribution in [3.8, 4) is 17.2 Å². The van der Waals surface area contributed by atoms with Crippen molar-refractivity contribution in [2.45, 2.75) is 0 Å². The number of morpholine rings is 1. The number of aromatic nitrogens is 1. The number of nitro benzene ring substituents is 1. The average molecular weight is 474 g/mol. The zero-order valence-electron chi connectivity index (χ0n) is 18.9. The van der Waals surface area contributed by atoms with Gasteiger partial charge in [-0.3, -0.25) is 14.9 Å². The van der Waals surface area contributed by atoms with E-state index >= 15 is 0 Å². The van der Waals surface area contributed by atoms with E-state index in [0.29, 0.717) is 54.7 Å². The molecule has 1 amide bonds. The minimum atomic E-state index is -0.512. The molecule has 1 aromatic heterocycles. The summed E-state index contributed by atoms with van der Waals surface area (Å²) >= 11 is 0. The van der Waals surface area contributed by atoms with Crippen LogP contribution in [0.15, 0.2) is 65.1 Å². The number of hydrogen-bond donors (Lipinski definition) is 1. The molecule has 0 spiro atoms. The molecule has 5 rings (SSSR count). The van der Waals surface area contributed by atoms with E-state index in [0.717, 1.165) is 11.3 Å². The van der Waals surface area contributed by atoms with E-state index in [1.165, 1.54) is 12.1 Å². The number of benzene rings is 3. The van der Waals surface area contributed by atoms with E-state index in [1.807, 2.05) is 29.2 Å². The van der Waals surface area contributed by atoms with E-state index < -0.39 is 10.8 Å². The number of rotatable bonds is 6. The maximum atomic E-state index is 13.2. The molecule has 1 saturated heterocycles. The Hall–Kier alpha value is -4.44. The number of methoxy groups -OCH3 is 1. The van der Waals surface area contributed by atoms with Crippen LogP contribution in [0.25, 0.3) is 22.6 Å². The summed E-state index contributed by atoms with van der Waals surface area (Å²) in [7, 11) is 1.60. The van der Waals surface area contributed by atoms with E-state index in [2.05, 4.69) is 10.3 Å². The van der Waals surface area contributed by atoms with Crippen LogP contribution in [0.2, 0.25) is 0 Å². The van der Waals surface area contributed by atoms with E-state index in [-0.39, 0.29) is 11.3 Å². The molecular formula is C25H22N4O6. The second-order valence-electron chi connectivity index (χ2n) is 7.94. The van der Waals surface area contributed by atoms with Crippen LogP contribution in [0, 0.1) is 10.1 Å². The number of carbonyl (C=O) groups excluding carboxylic acids is 1. The van der Waals surface area contributed by atoms with Crippen molar-refractivity contribution in [1.29, 1.82) is 0 Å². The van der Waals surface area contributed by atoms with Gasteiger partial charge in [-0.25, -0.2) is 4.98 Å². The summed E-state index contributed by atoms with van der Waals surface area (Å²) in [5, 5.41) is 14.2. The van der Waals surface area contributed by atoms with Gasteiger partial charge >= 0.3 is 0 Å². The van der Waals surface area contributed by atoms with Gasteiger partial charge in [0.2, 0.25) is 5.89 Å². The van der Waals surface area contributed by atoms with Gasteiger partial charge in [0, 0.05) is 36.5 Å². The number of hydrogen-bond acceptors (Lipinski definition) is 8.